The number of hydrogen-bond acceptors (Lipinski definition) is 3. The molecule has 29 heavy (non-hydrogen) atoms. The van der Waals surface area contributed by atoms with Crippen LogP contribution in [0, 0.1) is 5.82 Å². The van der Waals surface area contributed by atoms with Crippen LogP contribution in [0.4, 0.5) is 4.39 Å². The molecule has 0 saturated carbocycles. The van der Waals surface area contributed by atoms with Crippen molar-refractivity contribution in [3.63, 3.8) is 0 Å². The van der Waals surface area contributed by atoms with Crippen LogP contribution in [-0.2, 0) is 6.54 Å². The lowest BCUT2D eigenvalue weighted by atomic mass is 10.0. The van der Waals surface area contributed by atoms with Crippen molar-refractivity contribution < 1.29 is 13.9 Å². The fourth-order valence-electron chi connectivity index (χ4n) is 3.97. The molecule has 1 aliphatic heterocycles. The first-order chi connectivity index (χ1) is 14.2. The number of benzene rings is 3. The molecular weight excluding hydrogens is 369 g/mol. The zero-order valence-corrected chi connectivity index (χ0v) is 15.7. The van der Waals surface area contributed by atoms with E-state index in [2.05, 4.69) is 4.98 Å². The number of halogens is 1. The summed E-state index contributed by atoms with van der Waals surface area (Å²) in [7, 11) is 1.53. The number of imidazole rings is 1. The Hall–Kier alpha value is -3.67. The number of nitrogens with zero attached hydrogens (tertiary/aromatic N) is 2. The van der Waals surface area contributed by atoms with Crippen molar-refractivity contribution in [2.24, 2.45) is 0 Å². The van der Waals surface area contributed by atoms with Crippen molar-refractivity contribution in [3.8, 4) is 5.75 Å². The molecule has 1 amide bonds. The number of ether oxygens (including phenoxy) is 1. The maximum absolute atomic E-state index is 14.2. The van der Waals surface area contributed by atoms with Crippen LogP contribution < -0.4 is 4.74 Å². The Morgan fingerprint density at radius 2 is 1.90 bits per heavy atom. The van der Waals surface area contributed by atoms with Crippen molar-refractivity contribution >= 4 is 16.9 Å². The fraction of sp³-hybridized carbons (Fsp3) is 0.130. The van der Waals surface area contributed by atoms with Crippen molar-refractivity contribution in [3.05, 3.63) is 95.1 Å². The summed E-state index contributed by atoms with van der Waals surface area (Å²) in [5.74, 6) is 0.556. The molecule has 0 spiro atoms. The summed E-state index contributed by atoms with van der Waals surface area (Å²) >= 11 is 0. The highest BCUT2D eigenvalue weighted by Gasteiger charge is 2.37. The lowest BCUT2D eigenvalue weighted by molar-refractivity contribution is 0.0723. The molecule has 1 N–H and O–H groups in total. The van der Waals surface area contributed by atoms with Gasteiger partial charge >= 0.3 is 0 Å². The summed E-state index contributed by atoms with van der Waals surface area (Å²) in [6, 6.07) is 18.9. The second-order valence-electron chi connectivity index (χ2n) is 7.02. The van der Waals surface area contributed by atoms with Crippen molar-refractivity contribution in [1.29, 1.82) is 0 Å². The van der Waals surface area contributed by atoms with E-state index >= 15 is 0 Å². The van der Waals surface area contributed by atoms with Crippen LogP contribution in [0.1, 0.15) is 33.4 Å². The molecule has 2 heterocycles. The van der Waals surface area contributed by atoms with E-state index < -0.39 is 11.9 Å². The Morgan fingerprint density at radius 3 is 2.69 bits per heavy atom. The van der Waals surface area contributed by atoms with Crippen LogP contribution in [0.3, 0.4) is 0 Å². The minimum Gasteiger partial charge on any atom is -0.496 e. The van der Waals surface area contributed by atoms with E-state index in [-0.39, 0.29) is 5.91 Å². The maximum atomic E-state index is 14.2. The van der Waals surface area contributed by atoms with E-state index in [0.29, 0.717) is 29.2 Å². The quantitative estimate of drug-likeness (QED) is 0.563. The predicted octanol–water partition coefficient (Wildman–Crippen LogP) is 4.46. The van der Waals surface area contributed by atoms with Crippen LogP contribution in [0.15, 0.2) is 66.7 Å². The van der Waals surface area contributed by atoms with Gasteiger partial charge in [-0.05, 0) is 42.0 Å². The van der Waals surface area contributed by atoms with Crippen LogP contribution in [0.2, 0.25) is 0 Å². The number of methoxy groups -OCH3 is 1. The third kappa shape index (κ3) is 2.84. The smallest absolute Gasteiger partial charge is 0.255 e. The highest BCUT2D eigenvalue weighted by atomic mass is 19.1. The van der Waals surface area contributed by atoms with Gasteiger partial charge in [-0.15, -0.1) is 0 Å². The minimum atomic E-state index is -0.618. The molecular formula is C23H18FN3O2. The number of hydrogen-bond donors (Lipinski definition) is 1. The zero-order valence-electron chi connectivity index (χ0n) is 15.7. The molecule has 0 saturated heterocycles. The highest BCUT2D eigenvalue weighted by molar-refractivity contribution is 5.98. The first-order valence-electron chi connectivity index (χ1n) is 9.32. The number of H-pyrrole nitrogens is 1. The summed E-state index contributed by atoms with van der Waals surface area (Å²) in [6.07, 6.45) is 0. The summed E-state index contributed by atoms with van der Waals surface area (Å²) < 4.78 is 19.7. The van der Waals surface area contributed by atoms with Crippen molar-refractivity contribution in [2.75, 3.05) is 7.11 Å². The van der Waals surface area contributed by atoms with E-state index in [0.717, 1.165) is 16.6 Å². The largest absolute Gasteiger partial charge is 0.496 e. The zero-order chi connectivity index (χ0) is 20.0. The molecule has 5 nitrogen and oxygen atoms in total. The number of carbonyl (C=O) groups is 1. The monoisotopic (exact) mass is 387 g/mol. The lowest BCUT2D eigenvalue weighted by Gasteiger charge is -2.28. The Bertz CT molecular complexity index is 1200. The third-order valence-electron chi connectivity index (χ3n) is 5.31. The molecule has 1 aromatic heterocycles. The molecule has 3 aromatic carbocycles. The van der Waals surface area contributed by atoms with E-state index in [1.165, 1.54) is 19.2 Å². The van der Waals surface area contributed by atoms with E-state index in [4.69, 9.17) is 9.72 Å². The summed E-state index contributed by atoms with van der Waals surface area (Å²) in [5.41, 5.74) is 3.78. The number of amides is 1. The van der Waals surface area contributed by atoms with Crippen LogP contribution >= 0.6 is 0 Å². The molecule has 0 aliphatic carbocycles. The topological polar surface area (TPSA) is 58.2 Å². The van der Waals surface area contributed by atoms with Gasteiger partial charge in [0.2, 0.25) is 0 Å². The number of aromatic nitrogens is 2. The van der Waals surface area contributed by atoms with Crippen molar-refractivity contribution in [2.45, 2.75) is 12.6 Å². The average molecular weight is 387 g/mol. The van der Waals surface area contributed by atoms with Crippen LogP contribution in [0.5, 0.6) is 5.75 Å². The first-order valence-corrected chi connectivity index (χ1v) is 9.32. The van der Waals surface area contributed by atoms with Gasteiger partial charge in [-0.25, -0.2) is 9.37 Å². The Balaban J connectivity index is 1.70. The minimum absolute atomic E-state index is 0.114. The first kappa shape index (κ1) is 17.4. The second kappa shape index (κ2) is 6.74. The number of rotatable bonds is 4. The average Bonchev–Trinajstić information content (AvgIpc) is 3.30. The van der Waals surface area contributed by atoms with Gasteiger partial charge in [0.05, 0.1) is 18.1 Å². The molecule has 144 valence electrons. The molecule has 0 bridgehead atoms. The van der Waals surface area contributed by atoms with Gasteiger partial charge in [0.1, 0.15) is 23.4 Å². The molecule has 0 fully saturated rings. The fourth-order valence-corrected chi connectivity index (χ4v) is 3.97. The molecule has 0 radical (unpaired) electrons. The second-order valence-corrected chi connectivity index (χ2v) is 7.02. The standard InChI is InChI=1S/C23H18FN3O2/c1-29-20-11-10-15(24)12-17(20)21(22-25-18-8-4-5-9-19(18)26-22)27-13-14-6-2-3-7-16(14)23(27)28/h2-12,21H,13H2,1H3,(H,25,26). The van der Waals surface area contributed by atoms with E-state index in [1.54, 1.807) is 11.0 Å². The number of nitrogens with one attached hydrogen (secondary N) is 1. The predicted molar refractivity (Wildman–Crippen MR) is 107 cm³/mol. The molecule has 4 aromatic rings. The van der Waals surface area contributed by atoms with E-state index in [9.17, 15) is 9.18 Å². The molecule has 1 unspecified atom stereocenters. The van der Waals surface area contributed by atoms with Gasteiger partial charge < -0.3 is 14.6 Å². The normalized spacial score (nSPS) is 14.3. The van der Waals surface area contributed by atoms with Crippen LogP contribution in [0.25, 0.3) is 11.0 Å². The van der Waals surface area contributed by atoms with Gasteiger partial charge in [-0.2, -0.15) is 0 Å². The lowest BCUT2D eigenvalue weighted by Crippen LogP contribution is -2.31. The maximum Gasteiger partial charge on any atom is 0.255 e. The summed E-state index contributed by atoms with van der Waals surface area (Å²) in [6.45, 7) is 0.413. The number of aromatic amines is 1. The number of carbonyl (C=O) groups excluding carboxylic acids is 1. The number of para-hydroxylation sites is 2. The van der Waals surface area contributed by atoms with Crippen molar-refractivity contribution in [1.82, 2.24) is 14.9 Å². The van der Waals surface area contributed by atoms with Crippen LogP contribution in [-0.4, -0.2) is 27.9 Å². The third-order valence-corrected chi connectivity index (χ3v) is 5.31. The highest BCUT2D eigenvalue weighted by Crippen LogP contribution is 2.39. The van der Waals surface area contributed by atoms with E-state index in [1.807, 2.05) is 48.5 Å². The molecule has 1 atom stereocenters. The van der Waals surface area contributed by atoms with Gasteiger partial charge in [0, 0.05) is 17.7 Å². The van der Waals surface area contributed by atoms with Gasteiger partial charge in [0.15, 0.2) is 0 Å². The Labute approximate surface area is 166 Å². The number of fused-ring (bicyclic) bond motifs is 2. The Kier molecular flexibility index (Phi) is 4.05. The summed E-state index contributed by atoms with van der Waals surface area (Å²) in [5, 5.41) is 0. The van der Waals surface area contributed by atoms with Gasteiger partial charge in [-0.1, -0.05) is 30.3 Å². The molecule has 6 heteroatoms. The molecule has 1 aliphatic rings. The molecule has 5 rings (SSSR count). The van der Waals surface area contributed by atoms with Gasteiger partial charge in [0.25, 0.3) is 5.91 Å². The Morgan fingerprint density at radius 1 is 1.10 bits per heavy atom. The van der Waals surface area contributed by atoms with Gasteiger partial charge in [-0.3, -0.25) is 4.79 Å². The summed E-state index contributed by atoms with van der Waals surface area (Å²) in [4.78, 5) is 23.0. The SMILES string of the molecule is COc1ccc(F)cc1C(c1nc2ccccc2[nH]1)N1Cc2ccccc2C1=O.